The zero-order valence-corrected chi connectivity index (χ0v) is 16.6. The minimum atomic E-state index is -3.58. The number of amides is 1. The van der Waals surface area contributed by atoms with E-state index in [4.69, 9.17) is 16.3 Å². The number of anilines is 1. The highest BCUT2D eigenvalue weighted by Gasteiger charge is 2.26. The molecule has 3 rings (SSSR count). The molecule has 0 saturated carbocycles. The molecule has 1 aliphatic rings. The second kappa shape index (κ2) is 8.89. The van der Waals surface area contributed by atoms with Gasteiger partial charge in [-0.1, -0.05) is 24.1 Å². The van der Waals surface area contributed by atoms with E-state index in [0.29, 0.717) is 18.8 Å². The van der Waals surface area contributed by atoms with Crippen LogP contribution in [0.3, 0.4) is 0 Å². The Bertz CT molecular complexity index is 962. The van der Waals surface area contributed by atoms with Crippen LogP contribution >= 0.6 is 11.6 Å². The normalized spacial score (nSPS) is 15.2. The van der Waals surface area contributed by atoms with E-state index in [1.54, 1.807) is 12.1 Å². The fraction of sp³-hybridized carbons (Fsp3) is 0.316. The highest BCUT2D eigenvalue weighted by Crippen LogP contribution is 2.23. The van der Waals surface area contributed by atoms with Crippen LogP contribution in [0.5, 0.6) is 5.75 Å². The number of halogens is 2. The van der Waals surface area contributed by atoms with Crippen LogP contribution in [0.1, 0.15) is 19.3 Å². The van der Waals surface area contributed by atoms with Crippen molar-refractivity contribution in [1.29, 1.82) is 0 Å². The Labute approximate surface area is 168 Å². The molecule has 150 valence electrons. The van der Waals surface area contributed by atoms with Crippen LogP contribution in [0, 0.1) is 5.82 Å². The van der Waals surface area contributed by atoms with Crippen molar-refractivity contribution in [2.75, 3.05) is 25.0 Å². The summed E-state index contributed by atoms with van der Waals surface area (Å²) in [6.45, 7) is 0.686. The van der Waals surface area contributed by atoms with Crippen molar-refractivity contribution >= 4 is 33.2 Å². The molecule has 1 fully saturated rings. The van der Waals surface area contributed by atoms with Crippen molar-refractivity contribution < 1.29 is 22.3 Å². The standard InChI is InChI=1S/C19H20ClFN2O4S/c20-17-12-15(7-8-18(17)21)27-13-19(24)22-14-5-4-6-16(11-14)28(25,26)23-9-2-1-3-10-23/h4-8,11-12H,1-3,9-10,13H2,(H,22,24). The highest BCUT2D eigenvalue weighted by molar-refractivity contribution is 7.89. The summed E-state index contributed by atoms with van der Waals surface area (Å²) in [5.74, 6) is -0.804. The zero-order chi connectivity index (χ0) is 20.1. The van der Waals surface area contributed by atoms with Crippen LogP contribution in [0.2, 0.25) is 5.02 Å². The predicted molar refractivity (Wildman–Crippen MR) is 105 cm³/mol. The average molecular weight is 427 g/mol. The molecule has 0 atom stereocenters. The van der Waals surface area contributed by atoms with Gasteiger partial charge < -0.3 is 10.1 Å². The van der Waals surface area contributed by atoms with E-state index in [1.807, 2.05) is 0 Å². The fourth-order valence-electron chi connectivity index (χ4n) is 2.90. The van der Waals surface area contributed by atoms with Gasteiger partial charge in [-0.2, -0.15) is 4.31 Å². The zero-order valence-electron chi connectivity index (χ0n) is 15.0. The molecule has 1 N–H and O–H groups in total. The van der Waals surface area contributed by atoms with E-state index >= 15 is 0 Å². The van der Waals surface area contributed by atoms with Crippen LogP contribution in [-0.4, -0.2) is 38.3 Å². The van der Waals surface area contributed by atoms with Crippen LogP contribution < -0.4 is 10.1 Å². The lowest BCUT2D eigenvalue weighted by Crippen LogP contribution is -2.35. The lowest BCUT2D eigenvalue weighted by Gasteiger charge is -2.26. The first-order valence-electron chi connectivity index (χ1n) is 8.84. The Morgan fingerprint density at radius 1 is 1.14 bits per heavy atom. The highest BCUT2D eigenvalue weighted by atomic mass is 35.5. The maximum absolute atomic E-state index is 13.1. The van der Waals surface area contributed by atoms with E-state index in [2.05, 4.69) is 5.32 Å². The molecule has 0 radical (unpaired) electrons. The molecule has 1 aliphatic heterocycles. The van der Waals surface area contributed by atoms with Gasteiger partial charge in [-0.05, 0) is 43.2 Å². The third-order valence-electron chi connectivity index (χ3n) is 4.33. The van der Waals surface area contributed by atoms with Gasteiger partial charge in [0, 0.05) is 24.8 Å². The molecule has 0 spiro atoms. The lowest BCUT2D eigenvalue weighted by molar-refractivity contribution is -0.118. The SMILES string of the molecule is O=C(COc1ccc(F)c(Cl)c1)Nc1cccc(S(=O)(=O)N2CCCCC2)c1. The first-order valence-corrected chi connectivity index (χ1v) is 10.7. The summed E-state index contributed by atoms with van der Waals surface area (Å²) in [4.78, 5) is 12.2. The minimum Gasteiger partial charge on any atom is -0.484 e. The monoisotopic (exact) mass is 426 g/mol. The quantitative estimate of drug-likeness (QED) is 0.764. The molecule has 2 aromatic rings. The largest absolute Gasteiger partial charge is 0.484 e. The van der Waals surface area contributed by atoms with Crippen LogP contribution in [0.4, 0.5) is 10.1 Å². The maximum Gasteiger partial charge on any atom is 0.262 e. The Kier molecular flexibility index (Phi) is 6.53. The lowest BCUT2D eigenvalue weighted by atomic mass is 10.2. The molecule has 2 aromatic carbocycles. The molecule has 1 saturated heterocycles. The van der Waals surface area contributed by atoms with Crippen molar-refractivity contribution in [1.82, 2.24) is 4.31 Å². The number of benzene rings is 2. The Morgan fingerprint density at radius 3 is 2.61 bits per heavy atom. The van der Waals surface area contributed by atoms with E-state index in [1.165, 1.54) is 28.6 Å². The second-order valence-corrected chi connectivity index (χ2v) is 8.75. The number of piperidine rings is 1. The molecule has 0 aromatic heterocycles. The summed E-state index contributed by atoms with van der Waals surface area (Å²) < 4.78 is 45.4. The average Bonchev–Trinajstić information content (AvgIpc) is 2.70. The summed E-state index contributed by atoms with van der Waals surface area (Å²) in [6, 6.07) is 9.89. The molecule has 1 amide bonds. The van der Waals surface area contributed by atoms with E-state index in [9.17, 15) is 17.6 Å². The maximum atomic E-state index is 13.1. The van der Waals surface area contributed by atoms with Crippen molar-refractivity contribution in [2.24, 2.45) is 0 Å². The summed E-state index contributed by atoms with van der Waals surface area (Å²) >= 11 is 5.67. The van der Waals surface area contributed by atoms with Crippen LogP contribution in [-0.2, 0) is 14.8 Å². The van der Waals surface area contributed by atoms with Crippen molar-refractivity contribution in [3.8, 4) is 5.75 Å². The van der Waals surface area contributed by atoms with E-state index in [0.717, 1.165) is 25.3 Å². The molecule has 1 heterocycles. The van der Waals surface area contributed by atoms with Gasteiger partial charge in [-0.3, -0.25) is 4.79 Å². The number of rotatable bonds is 6. The topological polar surface area (TPSA) is 75.7 Å². The van der Waals surface area contributed by atoms with Crippen molar-refractivity contribution in [3.63, 3.8) is 0 Å². The van der Waals surface area contributed by atoms with Gasteiger partial charge in [-0.15, -0.1) is 0 Å². The van der Waals surface area contributed by atoms with Crippen LogP contribution in [0.25, 0.3) is 0 Å². The van der Waals surface area contributed by atoms with Gasteiger partial charge in [0.2, 0.25) is 10.0 Å². The Hall–Kier alpha value is -2.16. The van der Waals surface area contributed by atoms with Gasteiger partial charge in [0.15, 0.2) is 6.61 Å². The predicted octanol–water partition coefficient (Wildman–Crippen LogP) is 3.67. The number of hydrogen-bond acceptors (Lipinski definition) is 4. The number of ether oxygens (including phenoxy) is 1. The Morgan fingerprint density at radius 2 is 1.89 bits per heavy atom. The smallest absolute Gasteiger partial charge is 0.262 e. The van der Waals surface area contributed by atoms with Gasteiger partial charge in [0.25, 0.3) is 5.91 Å². The van der Waals surface area contributed by atoms with Crippen molar-refractivity contribution in [3.05, 3.63) is 53.3 Å². The summed E-state index contributed by atoms with van der Waals surface area (Å²) in [6.07, 6.45) is 2.72. The van der Waals surface area contributed by atoms with Crippen LogP contribution in [0.15, 0.2) is 47.4 Å². The number of nitrogens with one attached hydrogen (secondary N) is 1. The molecular formula is C19H20ClFN2O4S. The van der Waals surface area contributed by atoms with Gasteiger partial charge in [-0.25, -0.2) is 12.8 Å². The van der Waals surface area contributed by atoms with Gasteiger partial charge in [0.05, 0.1) is 9.92 Å². The summed E-state index contributed by atoms with van der Waals surface area (Å²) in [5, 5.41) is 2.50. The van der Waals surface area contributed by atoms with Crippen molar-refractivity contribution in [2.45, 2.75) is 24.2 Å². The molecule has 0 aliphatic carbocycles. The van der Waals surface area contributed by atoms with E-state index < -0.39 is 21.7 Å². The number of sulfonamides is 1. The molecule has 0 bridgehead atoms. The summed E-state index contributed by atoms with van der Waals surface area (Å²) in [7, 11) is -3.58. The first kappa shape index (κ1) is 20.6. The molecule has 9 heteroatoms. The van der Waals surface area contributed by atoms with Gasteiger partial charge >= 0.3 is 0 Å². The molecule has 28 heavy (non-hydrogen) atoms. The first-order chi connectivity index (χ1) is 13.4. The number of carbonyl (C=O) groups excluding carboxylic acids is 1. The molecule has 6 nitrogen and oxygen atoms in total. The number of carbonyl (C=O) groups is 1. The second-order valence-electron chi connectivity index (χ2n) is 6.41. The third-order valence-corrected chi connectivity index (χ3v) is 6.52. The van der Waals surface area contributed by atoms with E-state index in [-0.39, 0.29) is 22.3 Å². The molecular weight excluding hydrogens is 407 g/mol. The molecule has 0 unspecified atom stereocenters. The summed E-state index contributed by atoms with van der Waals surface area (Å²) in [5.41, 5.74) is 0.351. The van der Waals surface area contributed by atoms with Gasteiger partial charge in [0.1, 0.15) is 11.6 Å². The minimum absolute atomic E-state index is 0.103. The number of nitrogens with zero attached hydrogens (tertiary/aromatic N) is 1. The fourth-order valence-corrected chi connectivity index (χ4v) is 4.64. The third kappa shape index (κ3) is 5.01. The Balaban J connectivity index is 1.63. The number of hydrogen-bond donors (Lipinski definition) is 1.